The first kappa shape index (κ1) is 15.9. The summed E-state index contributed by atoms with van der Waals surface area (Å²) < 4.78 is 21.1. The van der Waals surface area contributed by atoms with Gasteiger partial charge in [-0.25, -0.2) is 0 Å². The van der Waals surface area contributed by atoms with Gasteiger partial charge in [0.05, 0.1) is 25.2 Å². The summed E-state index contributed by atoms with van der Waals surface area (Å²) in [6.07, 6.45) is 0.114. The third kappa shape index (κ3) is 6.02. The van der Waals surface area contributed by atoms with Crippen molar-refractivity contribution < 1.29 is 28.5 Å². The largest absolute Gasteiger partial charge is 0.466 e. The molecule has 1 aliphatic rings. The van der Waals surface area contributed by atoms with E-state index in [1.807, 2.05) is 0 Å². The molecule has 1 saturated heterocycles. The van der Waals surface area contributed by atoms with E-state index in [0.29, 0.717) is 13.0 Å². The normalized spacial score (nSPS) is 25.7. The SMILES string of the molecule is CCOC(=O)CC1CC(COC(C)=O)OC(C)(C)O1. The monoisotopic (exact) mass is 274 g/mol. The fourth-order valence-electron chi connectivity index (χ4n) is 2.06. The topological polar surface area (TPSA) is 71.1 Å². The smallest absolute Gasteiger partial charge is 0.308 e. The summed E-state index contributed by atoms with van der Waals surface area (Å²) in [6.45, 7) is 7.16. The lowest BCUT2D eigenvalue weighted by Crippen LogP contribution is -2.47. The Balaban J connectivity index is 2.52. The number of esters is 2. The van der Waals surface area contributed by atoms with E-state index >= 15 is 0 Å². The second-order valence-corrected chi connectivity index (χ2v) is 4.93. The van der Waals surface area contributed by atoms with Crippen LogP contribution in [0.15, 0.2) is 0 Å². The Morgan fingerprint density at radius 3 is 2.42 bits per heavy atom. The van der Waals surface area contributed by atoms with Gasteiger partial charge in [-0.2, -0.15) is 0 Å². The van der Waals surface area contributed by atoms with Crippen LogP contribution in [-0.4, -0.2) is 43.1 Å². The van der Waals surface area contributed by atoms with E-state index in [9.17, 15) is 9.59 Å². The van der Waals surface area contributed by atoms with Crippen molar-refractivity contribution in [2.75, 3.05) is 13.2 Å². The van der Waals surface area contributed by atoms with Crippen LogP contribution < -0.4 is 0 Å². The van der Waals surface area contributed by atoms with Gasteiger partial charge in [0.2, 0.25) is 0 Å². The number of rotatable bonds is 5. The predicted molar refractivity (Wildman–Crippen MR) is 66.3 cm³/mol. The summed E-state index contributed by atoms with van der Waals surface area (Å²) in [7, 11) is 0. The molecule has 2 unspecified atom stereocenters. The van der Waals surface area contributed by atoms with Crippen molar-refractivity contribution in [3.63, 3.8) is 0 Å². The van der Waals surface area contributed by atoms with E-state index in [1.165, 1.54) is 6.92 Å². The minimum atomic E-state index is -0.805. The maximum atomic E-state index is 11.5. The molecule has 6 heteroatoms. The second-order valence-electron chi connectivity index (χ2n) is 4.93. The Bertz CT molecular complexity index is 325. The Morgan fingerprint density at radius 2 is 1.84 bits per heavy atom. The maximum Gasteiger partial charge on any atom is 0.308 e. The molecule has 0 spiro atoms. The van der Waals surface area contributed by atoms with Crippen molar-refractivity contribution in [1.82, 2.24) is 0 Å². The quantitative estimate of drug-likeness (QED) is 0.706. The van der Waals surface area contributed by atoms with Crippen LogP contribution in [0.1, 0.15) is 40.5 Å². The van der Waals surface area contributed by atoms with Crippen LogP contribution in [0.25, 0.3) is 0 Å². The summed E-state index contributed by atoms with van der Waals surface area (Å²) in [4.78, 5) is 22.3. The van der Waals surface area contributed by atoms with Gasteiger partial charge in [0, 0.05) is 13.3 Å². The molecule has 0 saturated carbocycles. The van der Waals surface area contributed by atoms with Crippen LogP contribution in [-0.2, 0) is 28.5 Å². The highest BCUT2D eigenvalue weighted by Crippen LogP contribution is 2.28. The van der Waals surface area contributed by atoms with Crippen molar-refractivity contribution in [2.45, 2.75) is 58.5 Å². The lowest BCUT2D eigenvalue weighted by Gasteiger charge is -2.40. The van der Waals surface area contributed by atoms with E-state index in [4.69, 9.17) is 18.9 Å². The molecule has 0 aliphatic carbocycles. The standard InChI is InChI=1S/C13H22O6/c1-5-16-12(15)7-10-6-11(8-17-9(2)14)19-13(3,4)18-10/h10-11H,5-8H2,1-4H3. The van der Waals surface area contributed by atoms with Gasteiger partial charge >= 0.3 is 11.9 Å². The molecule has 1 rings (SSSR count). The van der Waals surface area contributed by atoms with Gasteiger partial charge in [0.25, 0.3) is 0 Å². The molecule has 0 radical (unpaired) electrons. The molecule has 0 aromatic rings. The highest BCUT2D eigenvalue weighted by atomic mass is 16.7. The van der Waals surface area contributed by atoms with Gasteiger partial charge in [0.1, 0.15) is 6.61 Å². The van der Waals surface area contributed by atoms with Crippen LogP contribution >= 0.6 is 0 Å². The first-order valence-corrected chi connectivity index (χ1v) is 6.47. The molecule has 6 nitrogen and oxygen atoms in total. The molecule has 110 valence electrons. The van der Waals surface area contributed by atoms with Gasteiger partial charge in [-0.05, 0) is 20.8 Å². The molecule has 1 heterocycles. The van der Waals surface area contributed by atoms with Gasteiger partial charge in [-0.15, -0.1) is 0 Å². The van der Waals surface area contributed by atoms with Crippen molar-refractivity contribution in [2.24, 2.45) is 0 Å². The van der Waals surface area contributed by atoms with Crippen molar-refractivity contribution >= 4 is 11.9 Å². The van der Waals surface area contributed by atoms with Crippen LogP contribution in [0.5, 0.6) is 0 Å². The van der Waals surface area contributed by atoms with E-state index in [1.54, 1.807) is 20.8 Å². The van der Waals surface area contributed by atoms with E-state index in [2.05, 4.69) is 0 Å². The van der Waals surface area contributed by atoms with Gasteiger partial charge in [0.15, 0.2) is 5.79 Å². The zero-order valence-electron chi connectivity index (χ0n) is 11.9. The lowest BCUT2D eigenvalue weighted by atomic mass is 10.1. The van der Waals surface area contributed by atoms with Gasteiger partial charge in [-0.1, -0.05) is 0 Å². The summed E-state index contributed by atoms with van der Waals surface area (Å²) in [5.41, 5.74) is 0. The van der Waals surface area contributed by atoms with Gasteiger partial charge in [-0.3, -0.25) is 9.59 Å². The molecule has 0 amide bonds. The number of hydrogen-bond donors (Lipinski definition) is 0. The summed E-state index contributed by atoms with van der Waals surface area (Å²) in [6, 6.07) is 0. The fourth-order valence-corrected chi connectivity index (χ4v) is 2.06. The minimum Gasteiger partial charge on any atom is -0.466 e. The summed E-state index contributed by atoms with van der Waals surface area (Å²) in [5.74, 6) is -1.45. The number of carbonyl (C=O) groups is 2. The van der Waals surface area contributed by atoms with Crippen LogP contribution in [0.3, 0.4) is 0 Å². The Labute approximate surface area is 113 Å². The predicted octanol–water partition coefficient (Wildman–Crippen LogP) is 1.41. The van der Waals surface area contributed by atoms with Crippen LogP contribution in [0.2, 0.25) is 0 Å². The zero-order valence-corrected chi connectivity index (χ0v) is 11.9. The first-order chi connectivity index (χ1) is 8.82. The Hall–Kier alpha value is -1.14. The molecule has 2 atom stereocenters. The molecular weight excluding hydrogens is 252 g/mol. The fraction of sp³-hybridized carbons (Fsp3) is 0.846. The highest BCUT2D eigenvalue weighted by molar-refractivity contribution is 5.70. The molecule has 0 aromatic heterocycles. The van der Waals surface area contributed by atoms with Crippen molar-refractivity contribution in [3.8, 4) is 0 Å². The second kappa shape index (κ2) is 6.86. The molecular formula is C13H22O6. The third-order valence-corrected chi connectivity index (χ3v) is 2.60. The van der Waals surface area contributed by atoms with Crippen LogP contribution in [0.4, 0.5) is 0 Å². The Kier molecular flexibility index (Phi) is 5.75. The summed E-state index contributed by atoms with van der Waals surface area (Å²) >= 11 is 0. The number of carbonyl (C=O) groups excluding carboxylic acids is 2. The van der Waals surface area contributed by atoms with Crippen molar-refractivity contribution in [1.29, 1.82) is 0 Å². The number of hydrogen-bond acceptors (Lipinski definition) is 6. The first-order valence-electron chi connectivity index (χ1n) is 6.47. The minimum absolute atomic E-state index is 0.168. The van der Waals surface area contributed by atoms with Crippen LogP contribution in [0, 0.1) is 0 Å². The molecule has 0 N–H and O–H groups in total. The lowest BCUT2D eigenvalue weighted by molar-refractivity contribution is -0.304. The van der Waals surface area contributed by atoms with E-state index < -0.39 is 5.79 Å². The van der Waals surface area contributed by atoms with E-state index in [-0.39, 0.29) is 37.2 Å². The molecule has 19 heavy (non-hydrogen) atoms. The molecule has 0 bridgehead atoms. The van der Waals surface area contributed by atoms with Gasteiger partial charge < -0.3 is 18.9 Å². The molecule has 0 aromatic carbocycles. The average molecular weight is 274 g/mol. The highest BCUT2D eigenvalue weighted by Gasteiger charge is 2.37. The van der Waals surface area contributed by atoms with Crippen molar-refractivity contribution in [3.05, 3.63) is 0 Å². The number of ether oxygens (including phenoxy) is 4. The third-order valence-electron chi connectivity index (χ3n) is 2.60. The van der Waals surface area contributed by atoms with E-state index in [0.717, 1.165) is 0 Å². The molecule has 1 aliphatic heterocycles. The Morgan fingerprint density at radius 1 is 1.21 bits per heavy atom. The zero-order chi connectivity index (χ0) is 14.5. The average Bonchev–Trinajstić information content (AvgIpc) is 2.24. The maximum absolute atomic E-state index is 11.5. The molecule has 1 fully saturated rings. The summed E-state index contributed by atoms with van der Waals surface area (Å²) in [5, 5.41) is 0.